The van der Waals surface area contributed by atoms with E-state index in [2.05, 4.69) is 21.3 Å². The van der Waals surface area contributed by atoms with Gasteiger partial charge < -0.3 is 65.6 Å². The van der Waals surface area contributed by atoms with Crippen LogP contribution in [-0.2, 0) is 52.7 Å². The molecule has 0 aromatic carbocycles. The SMILES string of the molecule is C/C=C/C[C@@H](C)[C@@H](O)[C@H]1C(=O)N[C@@H](CCC)C(=O)N(C)[C@@H](CSCCN(C)C)C(=O)N(C)[C@@H](CC(C)C)C(=O)N[C@H](C(C)C)C(=O)N(C)[C@H](CCC(C)C)C(=O)N[C@H](C)C(=O)N[C@@H](C)C(=O)N(C)[C@@H](CC(C)C)C(=O)N(C)[C@@H](CC(C)C)C(=O)N(C)[C@@H](C(C)C)C(=O)N1C. The van der Waals surface area contributed by atoms with Gasteiger partial charge in [-0.2, -0.15) is 11.8 Å². The zero-order valence-corrected chi connectivity index (χ0v) is 63.1. The molecular weight excluding hydrogens is 1220 g/mol. The number of aliphatic hydroxyl groups excluding tert-OH is 1. The molecule has 1 fully saturated rings. The predicted molar refractivity (Wildman–Crippen MR) is 372 cm³/mol. The van der Waals surface area contributed by atoms with Crippen molar-refractivity contribution in [3.05, 3.63) is 12.2 Å². The molecule has 13 atom stereocenters. The molecule has 0 radical (unpaired) electrons. The number of likely N-dealkylation sites (N-methyl/N-ethyl adjacent to an activating group) is 7. The van der Waals surface area contributed by atoms with Gasteiger partial charge >= 0.3 is 0 Å². The van der Waals surface area contributed by atoms with Crippen LogP contribution >= 0.6 is 11.8 Å². The Hall–Kier alpha value is -5.82. The average Bonchev–Trinajstić information content (AvgIpc) is 0.810. The third-order valence-electron chi connectivity index (χ3n) is 17.8. The summed E-state index contributed by atoms with van der Waals surface area (Å²) >= 11 is 1.42. The third-order valence-corrected chi connectivity index (χ3v) is 18.9. The minimum Gasteiger partial charge on any atom is -0.390 e. The van der Waals surface area contributed by atoms with Crippen molar-refractivity contribution in [3.63, 3.8) is 0 Å². The molecule has 1 rings (SSSR count). The lowest BCUT2D eigenvalue weighted by Crippen LogP contribution is -2.64. The summed E-state index contributed by atoms with van der Waals surface area (Å²) in [5.74, 6) is -8.78. The normalized spacial score (nSPS) is 26.3. The Labute approximate surface area is 569 Å². The van der Waals surface area contributed by atoms with E-state index in [1.54, 1.807) is 40.7 Å². The summed E-state index contributed by atoms with van der Waals surface area (Å²) in [6, 6.07) is -13.7. The van der Waals surface area contributed by atoms with Crippen molar-refractivity contribution in [2.24, 2.45) is 41.4 Å². The molecule has 0 bridgehead atoms. The van der Waals surface area contributed by atoms with Gasteiger partial charge in [-0.05, 0) is 121 Å². The first kappa shape index (κ1) is 86.2. The monoisotopic (exact) mass is 1350 g/mol. The number of aliphatic hydroxyl groups is 1. The highest BCUT2D eigenvalue weighted by atomic mass is 32.2. The Morgan fingerprint density at radius 3 is 1.40 bits per heavy atom. The number of carbonyl (C=O) groups excluding carboxylic acids is 11. The van der Waals surface area contributed by atoms with Gasteiger partial charge in [0.1, 0.15) is 66.5 Å². The van der Waals surface area contributed by atoms with Crippen molar-refractivity contribution in [2.45, 2.75) is 242 Å². The van der Waals surface area contributed by atoms with E-state index in [0.29, 0.717) is 31.6 Å². The highest BCUT2D eigenvalue weighted by Gasteiger charge is 2.46. The van der Waals surface area contributed by atoms with E-state index in [1.807, 2.05) is 94.3 Å². The molecular formula is C69H126N12O12S. The highest BCUT2D eigenvalue weighted by Crippen LogP contribution is 2.27. The number of hydrogen-bond donors (Lipinski definition) is 5. The van der Waals surface area contributed by atoms with Crippen molar-refractivity contribution in [3.8, 4) is 0 Å². The van der Waals surface area contributed by atoms with Crippen LogP contribution in [0.5, 0.6) is 0 Å². The zero-order valence-electron chi connectivity index (χ0n) is 62.3. The molecule has 0 spiro atoms. The van der Waals surface area contributed by atoms with Crippen LogP contribution in [0, 0.1) is 41.4 Å². The molecule has 0 aliphatic carbocycles. The maximum atomic E-state index is 15.4. The molecule has 1 saturated heterocycles. The molecule has 24 nitrogen and oxygen atoms in total. The number of rotatable bonds is 22. The van der Waals surface area contributed by atoms with E-state index >= 15 is 28.8 Å². The molecule has 0 unspecified atom stereocenters. The Morgan fingerprint density at radius 2 is 0.926 bits per heavy atom. The molecule has 1 aliphatic rings. The zero-order chi connectivity index (χ0) is 72.7. The van der Waals surface area contributed by atoms with Crippen molar-refractivity contribution in [2.75, 3.05) is 81.5 Å². The topological polar surface area (TPSA) is 282 Å². The van der Waals surface area contributed by atoms with Crippen LogP contribution in [0.3, 0.4) is 0 Å². The quantitative estimate of drug-likeness (QED) is 0.0726. The summed E-state index contributed by atoms with van der Waals surface area (Å²) in [6.45, 7) is 31.1. The number of nitrogens with zero attached hydrogens (tertiary/aromatic N) is 8. The molecule has 11 amide bonds. The number of thioether (sulfide) groups is 1. The van der Waals surface area contributed by atoms with Crippen LogP contribution < -0.4 is 21.3 Å². The summed E-state index contributed by atoms with van der Waals surface area (Å²) in [5, 5.41) is 23.6. The average molecular weight is 1350 g/mol. The van der Waals surface area contributed by atoms with E-state index in [9.17, 15) is 29.1 Å². The van der Waals surface area contributed by atoms with Crippen molar-refractivity contribution in [1.82, 2.24) is 60.5 Å². The Kier molecular flexibility index (Phi) is 37.3. The summed E-state index contributed by atoms with van der Waals surface area (Å²) in [6.07, 6.45) is 3.98. The fourth-order valence-electron chi connectivity index (χ4n) is 11.7. The minimum absolute atomic E-state index is 0.0792. The Morgan fingerprint density at radius 1 is 0.479 bits per heavy atom. The van der Waals surface area contributed by atoms with Crippen molar-refractivity contribution in [1.29, 1.82) is 0 Å². The van der Waals surface area contributed by atoms with E-state index in [4.69, 9.17) is 0 Å². The van der Waals surface area contributed by atoms with Gasteiger partial charge in [0.05, 0.1) is 6.10 Å². The van der Waals surface area contributed by atoms with Gasteiger partial charge in [0.15, 0.2) is 0 Å². The van der Waals surface area contributed by atoms with E-state index < -0.39 is 155 Å². The first-order chi connectivity index (χ1) is 43.5. The van der Waals surface area contributed by atoms with Gasteiger partial charge in [-0.3, -0.25) is 52.7 Å². The molecule has 0 aromatic rings. The summed E-state index contributed by atoms with van der Waals surface area (Å²) in [5.41, 5.74) is 0. The third kappa shape index (κ3) is 25.3. The lowest BCUT2D eigenvalue weighted by atomic mass is 9.91. The van der Waals surface area contributed by atoms with Gasteiger partial charge in [-0.1, -0.05) is 116 Å². The lowest BCUT2D eigenvalue weighted by Gasteiger charge is -2.41. The van der Waals surface area contributed by atoms with E-state index in [0.717, 1.165) is 4.90 Å². The van der Waals surface area contributed by atoms with Crippen LogP contribution in [0.25, 0.3) is 0 Å². The van der Waals surface area contributed by atoms with Crippen LogP contribution in [-0.4, -0.2) is 263 Å². The number of amides is 11. The highest BCUT2D eigenvalue weighted by molar-refractivity contribution is 7.99. The molecule has 0 aromatic heterocycles. The summed E-state index contributed by atoms with van der Waals surface area (Å²) < 4.78 is 0. The molecule has 5 N–H and O–H groups in total. The van der Waals surface area contributed by atoms with Gasteiger partial charge in [-0.25, -0.2) is 0 Å². The van der Waals surface area contributed by atoms with Crippen LogP contribution in [0.15, 0.2) is 12.2 Å². The smallest absolute Gasteiger partial charge is 0.246 e. The number of carbonyl (C=O) groups is 11. The fraction of sp³-hybridized carbons (Fsp3) is 0.812. The van der Waals surface area contributed by atoms with Gasteiger partial charge in [-0.15, -0.1) is 0 Å². The molecule has 1 aliphatic heterocycles. The molecule has 540 valence electrons. The van der Waals surface area contributed by atoms with Crippen molar-refractivity contribution < 1.29 is 57.8 Å². The second-order valence-corrected chi connectivity index (χ2v) is 30.1. The van der Waals surface area contributed by atoms with Crippen LogP contribution in [0.4, 0.5) is 0 Å². The van der Waals surface area contributed by atoms with Crippen LogP contribution in [0.2, 0.25) is 0 Å². The standard InChI is InChI=1S/C69H126N12O12S/c1-27-29-31-46(15)58(82)57-62(86)72-49(30-28-2)64(88)79(24)54(39-94-35-34-74(18)19)67(91)76(21)51(36-41(5)6)61(85)73-55(44(11)12)68(92)75(20)50(33-32-40(3)4)60(84)70-47(16)59(83)71-48(17)63(87)77(22)52(37-42(7)8)65(89)78(23)53(38-43(9)10)66(90)80(25)56(45(13)14)69(93)81(57)26/h27,29,40-58,82H,28,30-39H2,1-26H3,(H,70,84)(H,71,83)(H,72,86)(H,73,85)/b29-27+/t46-,47-,48+,49+,50-,51+,52+,53+,54+,55-,56+,57+,58-/m1/s1. The van der Waals surface area contributed by atoms with E-state index in [1.165, 1.54) is 104 Å². The largest absolute Gasteiger partial charge is 0.390 e. The fourth-order valence-corrected chi connectivity index (χ4v) is 13.0. The van der Waals surface area contributed by atoms with Crippen molar-refractivity contribution >= 4 is 76.7 Å². The first-order valence-corrected chi connectivity index (χ1v) is 35.3. The minimum atomic E-state index is -1.63. The maximum Gasteiger partial charge on any atom is 0.246 e. The Bertz CT molecular complexity index is 2530. The number of allylic oxidation sites excluding steroid dienone is 2. The van der Waals surface area contributed by atoms with Gasteiger partial charge in [0, 0.05) is 67.4 Å². The molecule has 0 saturated carbocycles. The van der Waals surface area contributed by atoms with Gasteiger partial charge in [0.2, 0.25) is 65.0 Å². The predicted octanol–water partition coefficient (Wildman–Crippen LogP) is 4.71. The second kappa shape index (κ2) is 40.7. The summed E-state index contributed by atoms with van der Waals surface area (Å²) in [4.78, 5) is 175. The lowest BCUT2D eigenvalue weighted by molar-refractivity contribution is -0.157. The van der Waals surface area contributed by atoms with Gasteiger partial charge in [0.25, 0.3) is 0 Å². The molecule has 94 heavy (non-hydrogen) atoms. The van der Waals surface area contributed by atoms with Crippen LogP contribution in [0.1, 0.15) is 169 Å². The number of hydrogen-bond acceptors (Lipinski definition) is 14. The first-order valence-electron chi connectivity index (χ1n) is 34.1. The Balaban J connectivity index is 4.58. The van der Waals surface area contributed by atoms with E-state index in [-0.39, 0.29) is 61.5 Å². The number of nitrogens with one attached hydrogen (secondary N) is 4. The summed E-state index contributed by atoms with van der Waals surface area (Å²) in [7, 11) is 14.0. The molecule has 1 heterocycles. The maximum absolute atomic E-state index is 15.4. The molecule has 25 heteroatoms. The second-order valence-electron chi connectivity index (χ2n) is 28.9.